The fourth-order valence-electron chi connectivity index (χ4n) is 2.51. The Bertz CT molecular complexity index is 560. The maximum absolute atomic E-state index is 11.1. The Morgan fingerprint density at radius 1 is 1.16 bits per heavy atom. The fraction of sp³-hybridized carbons (Fsp3) is 0.647. The lowest BCUT2D eigenvalue weighted by molar-refractivity contribution is -0.137. The van der Waals surface area contributed by atoms with Crippen LogP contribution in [0.25, 0.3) is 0 Å². The number of esters is 1. The Morgan fingerprint density at radius 2 is 1.84 bits per heavy atom. The van der Waals surface area contributed by atoms with Gasteiger partial charge in [0.05, 0.1) is 6.54 Å². The third-order valence-corrected chi connectivity index (χ3v) is 3.87. The van der Waals surface area contributed by atoms with E-state index in [2.05, 4.69) is 44.0 Å². The van der Waals surface area contributed by atoms with E-state index >= 15 is 0 Å². The minimum Gasteiger partial charge on any atom is -0.461 e. The molecule has 0 aliphatic carbocycles. The van der Waals surface area contributed by atoms with Crippen molar-refractivity contribution < 1.29 is 9.53 Å². The molecule has 138 valence electrons. The van der Waals surface area contributed by atoms with Crippen LogP contribution < -0.4 is 15.5 Å². The number of piperidine rings is 1. The summed E-state index contributed by atoms with van der Waals surface area (Å²) in [4.78, 5) is 26.7. The van der Waals surface area contributed by atoms with Gasteiger partial charge in [-0.1, -0.05) is 19.9 Å². The standard InChI is InChI=1S/C17H28N6O2/c1-3-5-9-18-15-20-16(19-10-13-25-14(24)4-2)22-17(21-15)23-11-7-6-8-12-23/h4H,2-3,5-13H2,1H3,(H2,18,19,20,21,22). The molecular weight excluding hydrogens is 320 g/mol. The first kappa shape index (κ1) is 19.0. The molecular formula is C17H28N6O2. The van der Waals surface area contributed by atoms with Crippen molar-refractivity contribution in [2.24, 2.45) is 0 Å². The largest absolute Gasteiger partial charge is 0.461 e. The summed E-state index contributed by atoms with van der Waals surface area (Å²) in [6, 6.07) is 0. The van der Waals surface area contributed by atoms with Gasteiger partial charge < -0.3 is 20.3 Å². The third kappa shape index (κ3) is 6.56. The van der Waals surface area contributed by atoms with E-state index in [0.29, 0.717) is 24.4 Å². The van der Waals surface area contributed by atoms with Crippen LogP contribution in [-0.4, -0.2) is 53.7 Å². The first-order valence-electron chi connectivity index (χ1n) is 9.01. The van der Waals surface area contributed by atoms with Crippen molar-refractivity contribution in [2.45, 2.75) is 39.0 Å². The SMILES string of the molecule is C=CC(=O)OCCNc1nc(NCCCC)nc(N2CCCCC2)n1. The summed E-state index contributed by atoms with van der Waals surface area (Å²) >= 11 is 0. The van der Waals surface area contributed by atoms with Crippen molar-refractivity contribution in [2.75, 3.05) is 48.3 Å². The summed E-state index contributed by atoms with van der Waals surface area (Å²) in [6.07, 6.45) is 6.88. The highest BCUT2D eigenvalue weighted by molar-refractivity contribution is 5.81. The van der Waals surface area contributed by atoms with Gasteiger partial charge in [-0.15, -0.1) is 0 Å². The zero-order valence-corrected chi connectivity index (χ0v) is 15.0. The highest BCUT2D eigenvalue weighted by Crippen LogP contribution is 2.18. The van der Waals surface area contributed by atoms with E-state index < -0.39 is 5.97 Å². The van der Waals surface area contributed by atoms with E-state index in [4.69, 9.17) is 4.74 Å². The van der Waals surface area contributed by atoms with Gasteiger partial charge in [-0.25, -0.2) is 4.79 Å². The van der Waals surface area contributed by atoms with Gasteiger partial charge in [0.15, 0.2) is 0 Å². The van der Waals surface area contributed by atoms with Crippen molar-refractivity contribution in [3.05, 3.63) is 12.7 Å². The Balaban J connectivity index is 2.00. The van der Waals surface area contributed by atoms with E-state index in [1.54, 1.807) is 0 Å². The van der Waals surface area contributed by atoms with Crippen LogP contribution in [0.3, 0.4) is 0 Å². The maximum atomic E-state index is 11.1. The fourth-order valence-corrected chi connectivity index (χ4v) is 2.51. The Morgan fingerprint density at radius 3 is 2.48 bits per heavy atom. The molecule has 1 aliphatic heterocycles. The zero-order valence-electron chi connectivity index (χ0n) is 15.0. The van der Waals surface area contributed by atoms with Crippen LogP contribution in [0.2, 0.25) is 0 Å². The smallest absolute Gasteiger partial charge is 0.330 e. The molecule has 8 heteroatoms. The Hall–Kier alpha value is -2.38. The molecule has 25 heavy (non-hydrogen) atoms. The summed E-state index contributed by atoms with van der Waals surface area (Å²) < 4.78 is 4.95. The van der Waals surface area contributed by atoms with E-state index in [0.717, 1.165) is 51.4 Å². The highest BCUT2D eigenvalue weighted by Gasteiger charge is 2.16. The molecule has 8 nitrogen and oxygen atoms in total. The molecule has 0 spiro atoms. The van der Waals surface area contributed by atoms with Crippen LogP contribution >= 0.6 is 0 Å². The Labute approximate surface area is 149 Å². The molecule has 2 N–H and O–H groups in total. The van der Waals surface area contributed by atoms with E-state index in [-0.39, 0.29) is 6.61 Å². The van der Waals surface area contributed by atoms with Crippen molar-refractivity contribution in [3.63, 3.8) is 0 Å². The molecule has 1 fully saturated rings. The summed E-state index contributed by atoms with van der Waals surface area (Å²) in [5, 5.41) is 6.35. The van der Waals surface area contributed by atoms with Crippen molar-refractivity contribution >= 4 is 23.8 Å². The predicted octanol–water partition coefficient (Wildman–Crippen LogP) is 2.21. The molecule has 0 radical (unpaired) electrons. The van der Waals surface area contributed by atoms with Gasteiger partial charge in [-0.2, -0.15) is 15.0 Å². The van der Waals surface area contributed by atoms with Gasteiger partial charge in [-0.3, -0.25) is 0 Å². The molecule has 0 aromatic carbocycles. The average Bonchev–Trinajstić information content (AvgIpc) is 2.66. The number of hydrogen-bond donors (Lipinski definition) is 2. The lowest BCUT2D eigenvalue weighted by Gasteiger charge is -2.27. The summed E-state index contributed by atoms with van der Waals surface area (Å²) in [5.74, 6) is 1.33. The first-order chi connectivity index (χ1) is 12.2. The van der Waals surface area contributed by atoms with Gasteiger partial charge in [-0.05, 0) is 25.7 Å². The lowest BCUT2D eigenvalue weighted by atomic mass is 10.1. The molecule has 1 aromatic rings. The number of nitrogens with zero attached hydrogens (tertiary/aromatic N) is 4. The normalized spacial score (nSPS) is 14.0. The highest BCUT2D eigenvalue weighted by atomic mass is 16.5. The number of nitrogens with one attached hydrogen (secondary N) is 2. The molecule has 1 aliphatic rings. The van der Waals surface area contributed by atoms with Crippen LogP contribution in [-0.2, 0) is 9.53 Å². The van der Waals surface area contributed by atoms with Crippen LogP contribution in [0.5, 0.6) is 0 Å². The number of ether oxygens (including phenoxy) is 1. The Kier molecular flexibility index (Phi) is 7.94. The minimum absolute atomic E-state index is 0.230. The topological polar surface area (TPSA) is 92.3 Å². The van der Waals surface area contributed by atoms with Crippen molar-refractivity contribution in [3.8, 4) is 0 Å². The zero-order chi connectivity index (χ0) is 17.9. The van der Waals surface area contributed by atoms with Crippen LogP contribution in [0.4, 0.5) is 17.8 Å². The third-order valence-electron chi connectivity index (χ3n) is 3.87. The van der Waals surface area contributed by atoms with E-state index in [1.165, 1.54) is 6.42 Å². The van der Waals surface area contributed by atoms with Gasteiger partial charge in [0.1, 0.15) is 6.61 Å². The molecule has 0 amide bonds. The number of hydrogen-bond acceptors (Lipinski definition) is 8. The quantitative estimate of drug-likeness (QED) is 0.378. The van der Waals surface area contributed by atoms with Crippen molar-refractivity contribution in [1.82, 2.24) is 15.0 Å². The number of anilines is 3. The molecule has 0 saturated carbocycles. The number of carbonyl (C=O) groups excluding carboxylic acids is 1. The molecule has 1 saturated heterocycles. The second-order valence-corrected chi connectivity index (χ2v) is 5.91. The number of unbranched alkanes of at least 4 members (excludes halogenated alkanes) is 1. The van der Waals surface area contributed by atoms with Gasteiger partial charge in [0, 0.05) is 25.7 Å². The second kappa shape index (κ2) is 10.5. The van der Waals surface area contributed by atoms with E-state index in [1.807, 2.05) is 0 Å². The summed E-state index contributed by atoms with van der Waals surface area (Å²) in [5.41, 5.74) is 0. The lowest BCUT2D eigenvalue weighted by Crippen LogP contribution is -2.31. The van der Waals surface area contributed by atoms with E-state index in [9.17, 15) is 4.79 Å². The average molecular weight is 348 g/mol. The minimum atomic E-state index is -0.437. The van der Waals surface area contributed by atoms with Gasteiger partial charge in [0.25, 0.3) is 0 Å². The monoisotopic (exact) mass is 348 g/mol. The molecule has 1 aromatic heterocycles. The van der Waals surface area contributed by atoms with Crippen molar-refractivity contribution in [1.29, 1.82) is 0 Å². The number of carbonyl (C=O) groups is 1. The number of rotatable bonds is 10. The maximum Gasteiger partial charge on any atom is 0.330 e. The number of aromatic nitrogens is 3. The first-order valence-corrected chi connectivity index (χ1v) is 9.01. The molecule has 0 unspecified atom stereocenters. The molecule has 2 rings (SSSR count). The van der Waals surface area contributed by atoms with Crippen LogP contribution in [0.1, 0.15) is 39.0 Å². The molecule has 2 heterocycles. The predicted molar refractivity (Wildman–Crippen MR) is 98.9 cm³/mol. The molecule has 0 bridgehead atoms. The summed E-state index contributed by atoms with van der Waals surface area (Å²) in [7, 11) is 0. The van der Waals surface area contributed by atoms with Gasteiger partial charge >= 0.3 is 5.97 Å². The second-order valence-electron chi connectivity index (χ2n) is 5.91. The summed E-state index contributed by atoms with van der Waals surface area (Å²) in [6.45, 7) is 8.93. The van der Waals surface area contributed by atoms with Gasteiger partial charge in [0.2, 0.25) is 17.8 Å². The molecule has 0 atom stereocenters. The van der Waals surface area contributed by atoms with Crippen LogP contribution in [0.15, 0.2) is 12.7 Å². The van der Waals surface area contributed by atoms with Crippen LogP contribution in [0, 0.1) is 0 Å².